The van der Waals surface area contributed by atoms with Crippen molar-refractivity contribution in [2.24, 2.45) is 11.8 Å². The normalized spacial score (nSPS) is 23.0. The Morgan fingerprint density at radius 1 is 0.778 bits per heavy atom. The maximum atomic E-state index is 3.61. The Kier molecular flexibility index (Phi) is 9.48. The summed E-state index contributed by atoms with van der Waals surface area (Å²) in [5.41, 5.74) is 6.49. The Labute approximate surface area is 113 Å². The monoisotopic (exact) mass is 256 g/mol. The van der Waals surface area contributed by atoms with Crippen LogP contribution in [0.1, 0.15) is 39.5 Å². The van der Waals surface area contributed by atoms with Gasteiger partial charge in [0, 0.05) is 13.1 Å². The van der Waals surface area contributed by atoms with Crippen LogP contribution in [-0.2, 0) is 0 Å². The lowest BCUT2D eigenvalue weighted by molar-refractivity contribution is 0.162. The molecule has 0 amide bonds. The molecule has 18 heavy (non-hydrogen) atoms. The van der Waals surface area contributed by atoms with Gasteiger partial charge in [-0.2, -0.15) is 0 Å². The van der Waals surface area contributed by atoms with Crippen LogP contribution in [-0.4, -0.2) is 39.3 Å². The first-order chi connectivity index (χ1) is 8.88. The van der Waals surface area contributed by atoms with Gasteiger partial charge in [-0.25, -0.2) is 0 Å². The van der Waals surface area contributed by atoms with Crippen LogP contribution in [0.2, 0.25) is 0 Å². The van der Waals surface area contributed by atoms with E-state index in [4.69, 9.17) is 0 Å². The van der Waals surface area contributed by atoms with Crippen LogP contribution in [0.4, 0.5) is 0 Å². The smallest absolute Gasteiger partial charge is 0.0131 e. The standard InChI is InChI=1S/C14H32N4/c1-3-15-9-5-6-10-16-11-13-7-8-14(13)12-18-17-4-2/h13-18H,3-12H2,1-2H3. The van der Waals surface area contributed by atoms with Gasteiger partial charge in [-0.15, -0.1) is 0 Å². The van der Waals surface area contributed by atoms with Crippen LogP contribution in [0.3, 0.4) is 0 Å². The SMILES string of the molecule is CCNCCCCNCC1CCC1CNNCC. The molecular formula is C14H32N4. The fourth-order valence-electron chi connectivity index (χ4n) is 2.47. The van der Waals surface area contributed by atoms with Crippen molar-refractivity contribution >= 4 is 0 Å². The minimum Gasteiger partial charge on any atom is -0.317 e. The Morgan fingerprint density at radius 3 is 2.06 bits per heavy atom. The van der Waals surface area contributed by atoms with Crippen molar-refractivity contribution in [3.8, 4) is 0 Å². The molecule has 0 spiro atoms. The van der Waals surface area contributed by atoms with Gasteiger partial charge in [0.15, 0.2) is 0 Å². The van der Waals surface area contributed by atoms with Gasteiger partial charge in [-0.05, 0) is 63.7 Å². The molecule has 0 aliphatic heterocycles. The van der Waals surface area contributed by atoms with Gasteiger partial charge in [0.05, 0.1) is 0 Å². The molecule has 4 heteroatoms. The van der Waals surface area contributed by atoms with Gasteiger partial charge in [0.25, 0.3) is 0 Å². The largest absolute Gasteiger partial charge is 0.317 e. The van der Waals surface area contributed by atoms with Gasteiger partial charge in [-0.1, -0.05) is 13.8 Å². The number of hydrogen-bond acceptors (Lipinski definition) is 4. The van der Waals surface area contributed by atoms with E-state index in [1.807, 2.05) is 0 Å². The molecule has 0 bridgehead atoms. The summed E-state index contributed by atoms with van der Waals surface area (Å²) in [6.45, 7) is 11.1. The quantitative estimate of drug-likeness (QED) is 0.312. The molecule has 1 fully saturated rings. The average molecular weight is 256 g/mol. The molecule has 4 nitrogen and oxygen atoms in total. The fraction of sp³-hybridized carbons (Fsp3) is 1.00. The second-order valence-corrected chi connectivity index (χ2v) is 5.27. The van der Waals surface area contributed by atoms with Crippen LogP contribution in [0.5, 0.6) is 0 Å². The van der Waals surface area contributed by atoms with E-state index in [1.165, 1.54) is 38.8 Å². The molecule has 1 rings (SSSR count). The van der Waals surface area contributed by atoms with E-state index in [1.54, 1.807) is 0 Å². The Balaban J connectivity index is 1.86. The highest BCUT2D eigenvalue weighted by atomic mass is 15.3. The van der Waals surface area contributed by atoms with Crippen molar-refractivity contribution < 1.29 is 0 Å². The maximum absolute atomic E-state index is 3.61. The van der Waals surface area contributed by atoms with Gasteiger partial charge >= 0.3 is 0 Å². The number of unbranched alkanes of at least 4 members (excludes halogenated alkanes) is 1. The summed E-state index contributed by atoms with van der Waals surface area (Å²) in [5, 5.41) is 6.97. The van der Waals surface area contributed by atoms with Crippen LogP contribution >= 0.6 is 0 Å². The third-order valence-electron chi connectivity index (χ3n) is 3.85. The third kappa shape index (κ3) is 6.69. The Morgan fingerprint density at radius 2 is 1.44 bits per heavy atom. The molecule has 0 saturated heterocycles. The van der Waals surface area contributed by atoms with Crippen molar-refractivity contribution in [3.63, 3.8) is 0 Å². The summed E-state index contributed by atoms with van der Waals surface area (Å²) in [6.07, 6.45) is 5.38. The minimum absolute atomic E-state index is 0.873. The molecule has 1 saturated carbocycles. The summed E-state index contributed by atoms with van der Waals surface area (Å²) >= 11 is 0. The number of hydrogen-bond donors (Lipinski definition) is 4. The lowest BCUT2D eigenvalue weighted by Gasteiger charge is -2.37. The predicted octanol–water partition coefficient (Wildman–Crippen LogP) is 1.11. The molecule has 0 radical (unpaired) electrons. The van der Waals surface area contributed by atoms with E-state index >= 15 is 0 Å². The number of nitrogens with one attached hydrogen (secondary N) is 4. The minimum atomic E-state index is 0.873. The lowest BCUT2D eigenvalue weighted by Crippen LogP contribution is -2.44. The molecule has 0 aromatic rings. The summed E-state index contributed by atoms with van der Waals surface area (Å²) in [5.74, 6) is 1.77. The summed E-state index contributed by atoms with van der Waals surface area (Å²) < 4.78 is 0. The fourth-order valence-corrected chi connectivity index (χ4v) is 2.47. The van der Waals surface area contributed by atoms with Crippen LogP contribution in [0.15, 0.2) is 0 Å². The highest BCUT2D eigenvalue weighted by Crippen LogP contribution is 2.32. The lowest BCUT2D eigenvalue weighted by atomic mass is 9.73. The van der Waals surface area contributed by atoms with Crippen molar-refractivity contribution in [3.05, 3.63) is 0 Å². The van der Waals surface area contributed by atoms with Crippen LogP contribution in [0.25, 0.3) is 0 Å². The number of hydrazine groups is 1. The van der Waals surface area contributed by atoms with E-state index in [2.05, 4.69) is 35.3 Å². The zero-order valence-electron chi connectivity index (χ0n) is 12.2. The second-order valence-electron chi connectivity index (χ2n) is 5.27. The zero-order chi connectivity index (χ0) is 13.1. The van der Waals surface area contributed by atoms with Crippen molar-refractivity contribution in [1.82, 2.24) is 21.5 Å². The molecule has 2 atom stereocenters. The molecular weight excluding hydrogens is 224 g/mol. The molecule has 0 aromatic heterocycles. The average Bonchev–Trinajstić information content (AvgIpc) is 2.36. The molecule has 0 heterocycles. The Bertz CT molecular complexity index is 187. The highest BCUT2D eigenvalue weighted by molar-refractivity contribution is 4.83. The van der Waals surface area contributed by atoms with Gasteiger partial charge in [-0.3, -0.25) is 10.9 Å². The first-order valence-electron chi connectivity index (χ1n) is 7.75. The van der Waals surface area contributed by atoms with Crippen molar-refractivity contribution in [1.29, 1.82) is 0 Å². The van der Waals surface area contributed by atoms with E-state index in [0.717, 1.165) is 38.0 Å². The Hall–Kier alpha value is -0.160. The maximum Gasteiger partial charge on any atom is 0.0131 e. The zero-order valence-corrected chi connectivity index (χ0v) is 12.2. The van der Waals surface area contributed by atoms with E-state index < -0.39 is 0 Å². The first-order valence-corrected chi connectivity index (χ1v) is 7.75. The van der Waals surface area contributed by atoms with E-state index in [9.17, 15) is 0 Å². The molecule has 108 valence electrons. The van der Waals surface area contributed by atoms with Gasteiger partial charge < -0.3 is 10.6 Å². The van der Waals surface area contributed by atoms with Crippen LogP contribution < -0.4 is 21.5 Å². The first kappa shape index (κ1) is 15.9. The van der Waals surface area contributed by atoms with E-state index in [-0.39, 0.29) is 0 Å². The summed E-state index contributed by atoms with van der Waals surface area (Å²) in [4.78, 5) is 0. The highest BCUT2D eigenvalue weighted by Gasteiger charge is 2.29. The van der Waals surface area contributed by atoms with E-state index in [0.29, 0.717) is 0 Å². The van der Waals surface area contributed by atoms with Crippen LogP contribution in [0, 0.1) is 11.8 Å². The molecule has 1 aliphatic carbocycles. The topological polar surface area (TPSA) is 48.1 Å². The van der Waals surface area contributed by atoms with Gasteiger partial charge in [0.1, 0.15) is 0 Å². The van der Waals surface area contributed by atoms with Crippen molar-refractivity contribution in [2.45, 2.75) is 39.5 Å². The summed E-state index contributed by atoms with van der Waals surface area (Å²) in [6, 6.07) is 0. The molecule has 2 unspecified atom stereocenters. The summed E-state index contributed by atoms with van der Waals surface area (Å²) in [7, 11) is 0. The third-order valence-corrected chi connectivity index (χ3v) is 3.85. The van der Waals surface area contributed by atoms with Crippen molar-refractivity contribution in [2.75, 3.05) is 39.3 Å². The number of rotatable bonds is 12. The van der Waals surface area contributed by atoms with Gasteiger partial charge in [0.2, 0.25) is 0 Å². The second kappa shape index (κ2) is 10.7. The predicted molar refractivity (Wildman–Crippen MR) is 78.5 cm³/mol. The molecule has 1 aliphatic rings. The molecule has 0 aromatic carbocycles. The molecule has 4 N–H and O–H groups in total.